The summed E-state index contributed by atoms with van der Waals surface area (Å²) in [6, 6.07) is 3.72. The highest BCUT2D eigenvalue weighted by molar-refractivity contribution is 5.87. The van der Waals surface area contributed by atoms with E-state index in [9.17, 15) is 22.4 Å². The predicted molar refractivity (Wildman–Crippen MR) is 90.3 cm³/mol. The second kappa shape index (κ2) is 6.86. The van der Waals surface area contributed by atoms with Crippen molar-refractivity contribution >= 4 is 24.4 Å². The maximum atomic E-state index is 14.6. The molecule has 0 aromatic heterocycles. The van der Waals surface area contributed by atoms with Gasteiger partial charge in [0.05, 0.1) is 6.54 Å². The van der Waals surface area contributed by atoms with E-state index in [2.05, 4.69) is 16.9 Å². The van der Waals surface area contributed by atoms with E-state index in [0.717, 1.165) is 6.07 Å². The standard InChI is InChI=1S/C18H15F4N3O/c1-23-24-17(7-12-8-18(12,21)22)25-5-4-14(16(20)9-25)13-3-2-11(10-26)6-15(13)19/h2-6,10,12H,1,7-9H2/b24-17-. The van der Waals surface area contributed by atoms with Gasteiger partial charge >= 0.3 is 0 Å². The van der Waals surface area contributed by atoms with Crippen LogP contribution in [0.1, 0.15) is 28.8 Å². The Morgan fingerprint density at radius 3 is 2.65 bits per heavy atom. The molecule has 1 aromatic rings. The highest BCUT2D eigenvalue weighted by Gasteiger charge is 2.57. The van der Waals surface area contributed by atoms with Crippen LogP contribution in [0.4, 0.5) is 17.6 Å². The Kier molecular flexibility index (Phi) is 4.76. The van der Waals surface area contributed by atoms with E-state index >= 15 is 0 Å². The molecule has 1 unspecified atom stereocenters. The lowest BCUT2D eigenvalue weighted by Crippen LogP contribution is -2.30. The summed E-state index contributed by atoms with van der Waals surface area (Å²) >= 11 is 0. The smallest absolute Gasteiger partial charge is 0.252 e. The van der Waals surface area contributed by atoms with Crippen molar-refractivity contribution in [3.8, 4) is 0 Å². The molecule has 0 saturated heterocycles. The molecule has 0 bridgehead atoms. The minimum absolute atomic E-state index is 0.0121. The Balaban J connectivity index is 1.80. The van der Waals surface area contributed by atoms with Gasteiger partial charge in [-0.2, -0.15) is 5.10 Å². The monoisotopic (exact) mass is 365 g/mol. The van der Waals surface area contributed by atoms with Gasteiger partial charge in [0.1, 0.15) is 23.8 Å². The van der Waals surface area contributed by atoms with E-state index in [0.29, 0.717) is 6.29 Å². The summed E-state index contributed by atoms with van der Waals surface area (Å²) < 4.78 is 54.9. The van der Waals surface area contributed by atoms with Crippen molar-refractivity contribution in [1.29, 1.82) is 0 Å². The van der Waals surface area contributed by atoms with Crippen molar-refractivity contribution in [3.63, 3.8) is 0 Å². The number of carbonyl (C=O) groups is 1. The third kappa shape index (κ3) is 3.58. The second-order valence-corrected chi connectivity index (χ2v) is 6.14. The molecular weight excluding hydrogens is 350 g/mol. The Hall–Kier alpha value is -2.77. The Morgan fingerprint density at radius 2 is 2.12 bits per heavy atom. The number of hydrogen-bond donors (Lipinski definition) is 0. The van der Waals surface area contributed by atoms with E-state index in [4.69, 9.17) is 0 Å². The fourth-order valence-corrected chi connectivity index (χ4v) is 2.79. The summed E-state index contributed by atoms with van der Waals surface area (Å²) in [6.45, 7) is 2.92. The molecule has 0 spiro atoms. The molecule has 136 valence electrons. The van der Waals surface area contributed by atoms with Crippen molar-refractivity contribution in [2.24, 2.45) is 16.1 Å². The molecule has 0 radical (unpaired) electrons. The van der Waals surface area contributed by atoms with Gasteiger partial charge in [-0.25, -0.2) is 17.6 Å². The molecule has 0 amide bonds. The lowest BCUT2D eigenvalue weighted by molar-refractivity contribution is 0.0997. The Morgan fingerprint density at radius 1 is 1.38 bits per heavy atom. The van der Waals surface area contributed by atoms with Crippen LogP contribution in [-0.2, 0) is 0 Å². The average Bonchev–Trinajstić information content (AvgIpc) is 3.21. The highest BCUT2D eigenvalue weighted by Crippen LogP contribution is 2.51. The summed E-state index contributed by atoms with van der Waals surface area (Å²) in [4.78, 5) is 12.0. The fraction of sp³-hybridized carbons (Fsp3) is 0.278. The van der Waals surface area contributed by atoms with Crippen molar-refractivity contribution < 1.29 is 22.4 Å². The largest absolute Gasteiger partial charge is 0.328 e. The van der Waals surface area contributed by atoms with Crippen LogP contribution in [0.2, 0.25) is 0 Å². The van der Waals surface area contributed by atoms with Crippen molar-refractivity contribution in [2.45, 2.75) is 18.8 Å². The normalized spacial score (nSPS) is 21.8. The van der Waals surface area contributed by atoms with Gasteiger partial charge in [-0.3, -0.25) is 4.79 Å². The number of nitrogens with zero attached hydrogens (tertiary/aromatic N) is 3. The molecule has 4 nitrogen and oxygen atoms in total. The number of benzene rings is 1. The van der Waals surface area contributed by atoms with Crippen LogP contribution < -0.4 is 0 Å². The van der Waals surface area contributed by atoms with E-state index in [-0.39, 0.29) is 41.9 Å². The molecule has 0 N–H and O–H groups in total. The lowest BCUT2D eigenvalue weighted by Gasteiger charge is -2.25. The first-order valence-electron chi connectivity index (χ1n) is 7.84. The van der Waals surface area contributed by atoms with Crippen molar-refractivity contribution in [3.05, 3.63) is 53.2 Å². The molecule has 1 aromatic carbocycles. The van der Waals surface area contributed by atoms with Crippen LogP contribution in [0.3, 0.4) is 0 Å². The first-order chi connectivity index (χ1) is 12.4. The molecule has 8 heteroatoms. The number of rotatable bonds is 5. The minimum Gasteiger partial charge on any atom is -0.328 e. The van der Waals surface area contributed by atoms with Gasteiger partial charge in [-0.1, -0.05) is 12.1 Å². The van der Waals surface area contributed by atoms with Gasteiger partial charge in [-0.05, 0) is 12.1 Å². The van der Waals surface area contributed by atoms with Crippen molar-refractivity contribution in [2.75, 3.05) is 6.54 Å². The molecule has 26 heavy (non-hydrogen) atoms. The second-order valence-electron chi connectivity index (χ2n) is 6.14. The Labute approximate surface area is 147 Å². The summed E-state index contributed by atoms with van der Waals surface area (Å²) in [5, 5.41) is 7.10. The lowest BCUT2D eigenvalue weighted by atomic mass is 10.0. The summed E-state index contributed by atoms with van der Waals surface area (Å²) in [5.41, 5.74) is 0.183. The van der Waals surface area contributed by atoms with Crippen LogP contribution in [0, 0.1) is 11.7 Å². The summed E-state index contributed by atoms with van der Waals surface area (Å²) in [5.74, 6) is -4.78. The number of halogens is 4. The number of alkyl halides is 2. The molecule has 1 fully saturated rings. The molecule has 1 aliphatic carbocycles. The highest BCUT2D eigenvalue weighted by atomic mass is 19.3. The zero-order valence-electron chi connectivity index (χ0n) is 13.6. The van der Waals surface area contributed by atoms with E-state index < -0.39 is 23.5 Å². The quantitative estimate of drug-likeness (QED) is 0.258. The summed E-state index contributed by atoms with van der Waals surface area (Å²) in [6.07, 6.45) is 2.98. The topological polar surface area (TPSA) is 45.0 Å². The predicted octanol–water partition coefficient (Wildman–Crippen LogP) is 4.21. The van der Waals surface area contributed by atoms with Crippen LogP contribution in [0.5, 0.6) is 0 Å². The molecular formula is C18H15F4N3O. The van der Waals surface area contributed by atoms with Gasteiger partial charge in [0.25, 0.3) is 5.92 Å². The van der Waals surface area contributed by atoms with Gasteiger partial charge in [0.15, 0.2) is 0 Å². The minimum atomic E-state index is -2.73. The van der Waals surface area contributed by atoms with Crippen molar-refractivity contribution in [1.82, 2.24) is 4.90 Å². The molecule has 1 atom stereocenters. The number of amidine groups is 1. The maximum Gasteiger partial charge on any atom is 0.252 e. The maximum absolute atomic E-state index is 14.6. The average molecular weight is 365 g/mol. The van der Waals surface area contributed by atoms with Gasteiger partial charge in [0, 0.05) is 48.4 Å². The van der Waals surface area contributed by atoms with E-state index in [1.165, 1.54) is 29.3 Å². The van der Waals surface area contributed by atoms with E-state index in [1.807, 2.05) is 0 Å². The molecule has 1 aliphatic heterocycles. The number of hydrogen-bond acceptors (Lipinski definition) is 3. The van der Waals surface area contributed by atoms with Gasteiger partial charge < -0.3 is 4.90 Å². The van der Waals surface area contributed by atoms with Crippen LogP contribution in [0.15, 0.2) is 46.5 Å². The number of aldehydes is 1. The molecule has 3 rings (SSSR count). The third-order valence-corrected chi connectivity index (χ3v) is 4.34. The Bertz CT molecular complexity index is 845. The van der Waals surface area contributed by atoms with Gasteiger partial charge in [0.2, 0.25) is 0 Å². The SMILES string of the molecule is C=N/N=C(/CC1CC1(F)F)N1C=CC(c2ccc(C=O)cc2F)=C(F)C1. The van der Waals surface area contributed by atoms with Gasteiger partial charge in [-0.15, -0.1) is 5.10 Å². The number of allylic oxidation sites excluding steroid dienone is 2. The third-order valence-electron chi connectivity index (χ3n) is 4.34. The molecule has 1 heterocycles. The summed E-state index contributed by atoms with van der Waals surface area (Å²) in [7, 11) is 0. The van der Waals surface area contributed by atoms with E-state index in [1.54, 1.807) is 0 Å². The first-order valence-corrected chi connectivity index (χ1v) is 7.84. The van der Waals surface area contributed by atoms with Crippen LogP contribution in [0.25, 0.3) is 5.57 Å². The van der Waals surface area contributed by atoms with Crippen LogP contribution >= 0.6 is 0 Å². The zero-order valence-corrected chi connectivity index (χ0v) is 13.6. The fourth-order valence-electron chi connectivity index (χ4n) is 2.79. The first kappa shape index (κ1) is 18.0. The number of carbonyl (C=O) groups excluding carboxylic acids is 1. The zero-order chi connectivity index (χ0) is 18.9. The molecule has 2 aliphatic rings. The van der Waals surface area contributed by atoms with Crippen LogP contribution in [-0.4, -0.2) is 36.2 Å². The molecule has 1 saturated carbocycles.